The van der Waals surface area contributed by atoms with Crippen molar-refractivity contribution in [3.63, 3.8) is 0 Å². The molecule has 1 aromatic heterocycles. The number of amides is 1. The van der Waals surface area contributed by atoms with Crippen molar-refractivity contribution in [1.82, 2.24) is 10.3 Å². The molecule has 3 N–H and O–H groups in total. The van der Waals surface area contributed by atoms with Crippen molar-refractivity contribution >= 4 is 17.4 Å². The van der Waals surface area contributed by atoms with E-state index in [1.807, 2.05) is 6.20 Å². The molecule has 0 saturated heterocycles. The van der Waals surface area contributed by atoms with E-state index in [9.17, 15) is 15.0 Å². The Kier molecular flexibility index (Phi) is 9.80. The number of alkyl carbamates (subject to hydrolysis) is 1. The van der Waals surface area contributed by atoms with Crippen molar-refractivity contribution in [3.05, 3.63) is 63.7 Å². The average Bonchev–Trinajstić information content (AvgIpc) is 3.51. The summed E-state index contributed by atoms with van der Waals surface area (Å²) in [5, 5.41) is 24.2. The van der Waals surface area contributed by atoms with Gasteiger partial charge in [0.1, 0.15) is 11.1 Å². The molecule has 0 radical (unpaired) electrons. The predicted octanol–water partition coefficient (Wildman–Crippen LogP) is 7.33. The van der Waals surface area contributed by atoms with Crippen LogP contribution in [0, 0.1) is 17.3 Å². The Labute approximate surface area is 256 Å². The highest BCUT2D eigenvalue weighted by Crippen LogP contribution is 2.59. The van der Waals surface area contributed by atoms with Gasteiger partial charge in [0.05, 0.1) is 17.6 Å². The first-order valence-corrected chi connectivity index (χ1v) is 17.0. The fraction of sp³-hybridized carbons (Fsp3) is 0.657. The number of aliphatic hydroxyl groups excluding tert-OH is 2. The maximum atomic E-state index is 12.4. The number of aromatic nitrogens is 1. The number of nitrogens with one attached hydrogen (secondary N) is 1. The third kappa shape index (κ3) is 6.48. The number of hydrogen-bond donors (Lipinski definition) is 3. The molecular formula is C35H50N2O4S. The van der Waals surface area contributed by atoms with Crippen molar-refractivity contribution in [2.24, 2.45) is 17.3 Å². The summed E-state index contributed by atoms with van der Waals surface area (Å²) in [5.74, 6) is 1.14. The molecule has 7 heteroatoms. The largest absolute Gasteiger partial charge is 0.441 e. The summed E-state index contributed by atoms with van der Waals surface area (Å²) in [6.45, 7) is 8.78. The van der Waals surface area contributed by atoms with Crippen molar-refractivity contribution in [2.75, 3.05) is 7.05 Å². The second-order valence-corrected chi connectivity index (χ2v) is 14.5. The van der Waals surface area contributed by atoms with Gasteiger partial charge in [0, 0.05) is 24.5 Å². The molecule has 6 atom stereocenters. The minimum atomic E-state index is -0.651. The maximum absolute atomic E-state index is 12.4. The van der Waals surface area contributed by atoms with Crippen LogP contribution in [0.3, 0.4) is 0 Å². The lowest BCUT2D eigenvalue weighted by Gasteiger charge is -2.42. The van der Waals surface area contributed by atoms with Gasteiger partial charge in [-0.25, -0.2) is 9.78 Å². The van der Waals surface area contributed by atoms with Gasteiger partial charge in [0.25, 0.3) is 0 Å². The molecule has 4 aliphatic rings. The molecular weight excluding hydrogens is 544 g/mol. The third-order valence-electron chi connectivity index (χ3n) is 10.7. The summed E-state index contributed by atoms with van der Waals surface area (Å²) in [5.41, 5.74) is 3.28. The Bertz CT molecular complexity index is 1230. The van der Waals surface area contributed by atoms with Crippen molar-refractivity contribution in [1.29, 1.82) is 0 Å². The monoisotopic (exact) mass is 594 g/mol. The van der Waals surface area contributed by atoms with Crippen LogP contribution >= 0.6 is 11.3 Å². The Morgan fingerprint density at radius 1 is 1.29 bits per heavy atom. The fourth-order valence-electron chi connectivity index (χ4n) is 7.83. The van der Waals surface area contributed by atoms with E-state index in [0.29, 0.717) is 24.7 Å². The summed E-state index contributed by atoms with van der Waals surface area (Å²) in [6, 6.07) is 0. The molecule has 1 aromatic rings. The number of fused-ring (bicyclic) bond motifs is 1. The maximum Gasteiger partial charge on any atom is 0.407 e. The lowest BCUT2D eigenvalue weighted by Crippen LogP contribution is -2.34. The number of carbonyl (C=O) groups excluding carboxylic acids is 1. The van der Waals surface area contributed by atoms with Crippen LogP contribution < -0.4 is 5.32 Å². The second-order valence-electron chi connectivity index (χ2n) is 13.4. The lowest BCUT2D eigenvalue weighted by atomic mass is 9.63. The van der Waals surface area contributed by atoms with Gasteiger partial charge < -0.3 is 20.3 Å². The van der Waals surface area contributed by atoms with Gasteiger partial charge in [0.2, 0.25) is 0 Å². The topological polar surface area (TPSA) is 91.7 Å². The zero-order chi connectivity index (χ0) is 29.9. The van der Waals surface area contributed by atoms with E-state index in [4.69, 9.17) is 9.72 Å². The SMILES string of the molecule is C=C1/C(=C\C=C2/CCCC3(C)C(C/C=C/C(OC(=O)NC)C4(c5ncc(CCCC)s5)CC4)CCC23)CC(O)CC1O. The highest BCUT2D eigenvalue weighted by atomic mass is 32.1. The van der Waals surface area contributed by atoms with E-state index in [0.717, 1.165) is 48.3 Å². The zero-order valence-corrected chi connectivity index (χ0v) is 26.6. The first-order valence-electron chi connectivity index (χ1n) is 16.1. The number of rotatable bonds is 10. The molecule has 42 heavy (non-hydrogen) atoms. The molecule has 6 nitrogen and oxygen atoms in total. The van der Waals surface area contributed by atoms with Crippen LogP contribution in [0.5, 0.6) is 0 Å². The number of allylic oxidation sites excluding steroid dienone is 4. The fourth-order valence-corrected chi connectivity index (χ4v) is 9.06. The van der Waals surface area contributed by atoms with E-state index >= 15 is 0 Å². The Hall–Kier alpha value is -2.22. The number of carbonyl (C=O) groups is 1. The number of aliphatic hydroxyl groups is 2. The Morgan fingerprint density at radius 2 is 2.10 bits per heavy atom. The van der Waals surface area contributed by atoms with Gasteiger partial charge in [-0.15, -0.1) is 11.3 Å². The molecule has 0 bridgehead atoms. The molecule has 6 unspecified atom stereocenters. The molecule has 230 valence electrons. The van der Waals surface area contributed by atoms with Crippen LogP contribution in [0.2, 0.25) is 0 Å². The molecule has 0 spiro atoms. The van der Waals surface area contributed by atoms with Gasteiger partial charge >= 0.3 is 6.09 Å². The van der Waals surface area contributed by atoms with E-state index in [2.05, 4.69) is 50.0 Å². The predicted molar refractivity (Wildman–Crippen MR) is 169 cm³/mol. The van der Waals surface area contributed by atoms with E-state index < -0.39 is 12.2 Å². The average molecular weight is 595 g/mol. The highest BCUT2D eigenvalue weighted by Gasteiger charge is 2.54. The first kappa shape index (κ1) is 31.2. The van der Waals surface area contributed by atoms with Gasteiger partial charge in [-0.2, -0.15) is 0 Å². The van der Waals surface area contributed by atoms with E-state index in [-0.39, 0.29) is 23.0 Å². The summed E-state index contributed by atoms with van der Waals surface area (Å²) < 4.78 is 5.97. The Balaban J connectivity index is 1.28. The number of hydrogen-bond acceptors (Lipinski definition) is 6. The first-order chi connectivity index (χ1) is 20.2. The number of nitrogens with zero attached hydrogens (tertiary/aromatic N) is 1. The molecule has 4 saturated carbocycles. The van der Waals surface area contributed by atoms with Gasteiger partial charge in [0.15, 0.2) is 0 Å². The third-order valence-corrected chi connectivity index (χ3v) is 12.0. The van der Waals surface area contributed by atoms with Gasteiger partial charge in [-0.3, -0.25) is 0 Å². The summed E-state index contributed by atoms with van der Waals surface area (Å²) in [4.78, 5) is 18.5. The second kappa shape index (κ2) is 13.2. The van der Waals surface area contributed by atoms with Crippen molar-refractivity contribution in [2.45, 2.75) is 121 Å². The van der Waals surface area contributed by atoms with Crippen LogP contribution in [0.25, 0.3) is 0 Å². The Morgan fingerprint density at radius 3 is 2.83 bits per heavy atom. The molecule has 0 aromatic carbocycles. The molecule has 4 aliphatic carbocycles. The van der Waals surface area contributed by atoms with E-state index in [1.54, 1.807) is 18.4 Å². The highest BCUT2D eigenvalue weighted by molar-refractivity contribution is 7.11. The van der Waals surface area contributed by atoms with E-state index in [1.165, 1.54) is 49.0 Å². The zero-order valence-electron chi connectivity index (χ0n) is 25.7. The van der Waals surface area contributed by atoms with Crippen LogP contribution in [-0.4, -0.2) is 46.6 Å². The summed E-state index contributed by atoms with van der Waals surface area (Å²) >= 11 is 1.79. The van der Waals surface area contributed by atoms with Crippen LogP contribution in [0.15, 0.2) is 53.8 Å². The minimum absolute atomic E-state index is 0.196. The van der Waals surface area contributed by atoms with Crippen molar-refractivity contribution < 1.29 is 19.7 Å². The van der Waals surface area contributed by atoms with Gasteiger partial charge in [-0.05, 0) is 105 Å². The number of thiazole rings is 1. The normalized spacial score (nSPS) is 33.2. The molecule has 1 amide bonds. The van der Waals surface area contributed by atoms with Crippen LogP contribution in [-0.2, 0) is 16.6 Å². The molecule has 4 fully saturated rings. The number of aryl methyl sites for hydroxylation is 1. The quantitative estimate of drug-likeness (QED) is 0.247. The molecule has 0 aliphatic heterocycles. The van der Waals surface area contributed by atoms with Crippen LogP contribution in [0.4, 0.5) is 4.79 Å². The summed E-state index contributed by atoms with van der Waals surface area (Å²) in [7, 11) is 1.62. The van der Waals surface area contributed by atoms with Gasteiger partial charge in [-0.1, -0.05) is 50.6 Å². The number of unbranched alkanes of at least 4 members (excludes halogenated alkanes) is 1. The number of ether oxygens (including phenoxy) is 1. The molecule has 1 heterocycles. The van der Waals surface area contributed by atoms with Crippen LogP contribution in [0.1, 0.15) is 101 Å². The molecule has 5 rings (SSSR count). The lowest BCUT2D eigenvalue weighted by molar-refractivity contribution is 0.0862. The standard InChI is InChI=1S/C35H50N2O4S/c1-5-6-11-28-22-37-32(42-28)35(18-19-35)31(41-33(40)36-4)12-7-10-26-15-16-29-24(9-8-17-34(26,29)3)13-14-25-20-27(38)21-30(39)23(25)2/h7,12-14,22,26-27,29-31,38-39H,2,5-6,8-11,15-21H2,1,3-4H3,(H,36,40)/b12-7+,24-13+,25-14-. The van der Waals surface area contributed by atoms with Crippen molar-refractivity contribution in [3.8, 4) is 0 Å². The minimum Gasteiger partial charge on any atom is -0.441 e. The summed E-state index contributed by atoms with van der Waals surface area (Å²) in [6.07, 6.45) is 22.2. The smallest absolute Gasteiger partial charge is 0.407 e.